The maximum absolute atomic E-state index is 12.4. The van der Waals surface area contributed by atoms with E-state index in [1.807, 2.05) is 25.4 Å². The fraction of sp³-hybridized carbons (Fsp3) is 0.267. The van der Waals surface area contributed by atoms with Gasteiger partial charge in [-0.25, -0.2) is 14.3 Å². The van der Waals surface area contributed by atoms with Crippen molar-refractivity contribution in [1.82, 2.24) is 19.3 Å². The fourth-order valence-electron chi connectivity index (χ4n) is 2.39. The van der Waals surface area contributed by atoms with Crippen molar-refractivity contribution in [3.8, 4) is 11.3 Å². The molecule has 3 heterocycles. The molecular formula is C15H17N5O2. The van der Waals surface area contributed by atoms with Crippen LogP contribution in [0.25, 0.3) is 22.2 Å². The molecule has 0 spiro atoms. The average molecular weight is 299 g/mol. The molecule has 0 unspecified atom stereocenters. The van der Waals surface area contributed by atoms with Gasteiger partial charge in [0.25, 0.3) is 0 Å². The van der Waals surface area contributed by atoms with Gasteiger partial charge in [-0.15, -0.1) is 0 Å². The summed E-state index contributed by atoms with van der Waals surface area (Å²) in [7, 11) is 3.62. The number of nitrogens with one attached hydrogen (secondary N) is 1. The van der Waals surface area contributed by atoms with Crippen molar-refractivity contribution in [2.45, 2.75) is 6.92 Å². The van der Waals surface area contributed by atoms with E-state index < -0.39 is 6.09 Å². The smallest absolute Gasteiger partial charge is 0.418 e. The molecule has 0 aliphatic heterocycles. The van der Waals surface area contributed by atoms with Gasteiger partial charge in [-0.05, 0) is 13.0 Å². The molecule has 0 atom stereocenters. The monoisotopic (exact) mass is 299 g/mol. The van der Waals surface area contributed by atoms with E-state index in [1.54, 1.807) is 35.6 Å². The van der Waals surface area contributed by atoms with Crippen LogP contribution in [0, 0.1) is 0 Å². The first-order valence-electron chi connectivity index (χ1n) is 6.99. The van der Waals surface area contributed by atoms with Crippen LogP contribution in [0.1, 0.15) is 6.92 Å². The average Bonchev–Trinajstić information content (AvgIpc) is 3.09. The second-order valence-corrected chi connectivity index (χ2v) is 4.84. The summed E-state index contributed by atoms with van der Waals surface area (Å²) in [5.41, 5.74) is 2.33. The Balaban J connectivity index is 2.26. The molecule has 3 rings (SSSR count). The highest BCUT2D eigenvalue weighted by Crippen LogP contribution is 2.29. The number of hydrogen-bond acceptors (Lipinski definition) is 5. The maximum Gasteiger partial charge on any atom is 0.418 e. The minimum Gasteiger partial charge on any atom is -0.449 e. The SMILES string of the molecule is CCOC(=O)n1c(-c2cnn(C)c2)cc2cnc(NC)cc21. The third kappa shape index (κ3) is 2.30. The van der Waals surface area contributed by atoms with Gasteiger partial charge in [0, 0.05) is 43.5 Å². The molecular weight excluding hydrogens is 282 g/mol. The standard InChI is InChI=1S/C15H17N5O2/c1-4-22-15(21)20-12(11-8-18-19(3)9-11)5-10-7-17-14(16-2)6-13(10)20/h5-9H,4H2,1-3H3,(H,16,17). The molecule has 0 radical (unpaired) electrons. The quantitative estimate of drug-likeness (QED) is 0.804. The van der Waals surface area contributed by atoms with Gasteiger partial charge in [-0.1, -0.05) is 0 Å². The summed E-state index contributed by atoms with van der Waals surface area (Å²) in [4.78, 5) is 16.7. The van der Waals surface area contributed by atoms with Crippen molar-refractivity contribution in [1.29, 1.82) is 0 Å². The molecule has 114 valence electrons. The topological polar surface area (TPSA) is 74.0 Å². The summed E-state index contributed by atoms with van der Waals surface area (Å²) in [5, 5.41) is 8.01. The molecule has 3 aromatic heterocycles. The van der Waals surface area contributed by atoms with E-state index in [0.717, 1.165) is 22.2 Å². The molecule has 0 aromatic carbocycles. The molecule has 3 aromatic rings. The summed E-state index contributed by atoms with van der Waals surface area (Å²) >= 11 is 0. The fourth-order valence-corrected chi connectivity index (χ4v) is 2.39. The number of carbonyl (C=O) groups is 1. The molecule has 0 saturated heterocycles. The second-order valence-electron chi connectivity index (χ2n) is 4.84. The number of pyridine rings is 1. The number of aryl methyl sites for hydroxylation is 1. The predicted molar refractivity (Wildman–Crippen MR) is 83.9 cm³/mol. The van der Waals surface area contributed by atoms with E-state index in [4.69, 9.17) is 4.74 Å². The minimum absolute atomic E-state index is 0.314. The number of aromatic nitrogens is 4. The van der Waals surface area contributed by atoms with Crippen LogP contribution in [0.3, 0.4) is 0 Å². The van der Waals surface area contributed by atoms with Crippen molar-refractivity contribution < 1.29 is 9.53 Å². The number of carbonyl (C=O) groups excluding carboxylic acids is 1. The minimum atomic E-state index is -0.412. The molecule has 7 heteroatoms. The Morgan fingerprint density at radius 3 is 2.82 bits per heavy atom. The van der Waals surface area contributed by atoms with Crippen LogP contribution in [-0.4, -0.2) is 39.1 Å². The predicted octanol–water partition coefficient (Wildman–Crippen LogP) is 2.48. The largest absolute Gasteiger partial charge is 0.449 e. The zero-order valence-corrected chi connectivity index (χ0v) is 12.7. The van der Waals surface area contributed by atoms with E-state index in [1.165, 1.54) is 0 Å². The Bertz CT molecular complexity index is 834. The Labute approximate surface area is 127 Å². The lowest BCUT2D eigenvalue weighted by molar-refractivity contribution is 0.155. The Hall–Kier alpha value is -2.83. The summed E-state index contributed by atoms with van der Waals surface area (Å²) < 4.78 is 8.44. The lowest BCUT2D eigenvalue weighted by Crippen LogP contribution is -2.14. The number of fused-ring (bicyclic) bond motifs is 1. The maximum atomic E-state index is 12.4. The van der Waals surface area contributed by atoms with E-state index in [0.29, 0.717) is 12.4 Å². The normalized spacial score (nSPS) is 10.9. The molecule has 0 aliphatic rings. The molecule has 0 bridgehead atoms. The lowest BCUT2D eigenvalue weighted by atomic mass is 10.2. The highest BCUT2D eigenvalue weighted by molar-refractivity contribution is 5.96. The van der Waals surface area contributed by atoms with E-state index in [9.17, 15) is 4.79 Å². The van der Waals surface area contributed by atoms with E-state index in [-0.39, 0.29) is 0 Å². The van der Waals surface area contributed by atoms with Crippen molar-refractivity contribution >= 4 is 22.8 Å². The van der Waals surface area contributed by atoms with Crippen LogP contribution in [0.15, 0.2) is 30.7 Å². The summed E-state index contributed by atoms with van der Waals surface area (Å²) in [6, 6.07) is 3.74. The molecule has 0 saturated carbocycles. The summed E-state index contributed by atoms with van der Waals surface area (Å²) in [6.07, 6.45) is 4.90. The van der Waals surface area contributed by atoms with E-state index in [2.05, 4.69) is 15.4 Å². The summed E-state index contributed by atoms with van der Waals surface area (Å²) in [5.74, 6) is 0.689. The molecule has 1 N–H and O–H groups in total. The van der Waals surface area contributed by atoms with Gasteiger partial charge in [-0.2, -0.15) is 5.10 Å². The first-order chi connectivity index (χ1) is 10.6. The Morgan fingerprint density at radius 1 is 1.36 bits per heavy atom. The third-order valence-electron chi connectivity index (χ3n) is 3.39. The molecule has 22 heavy (non-hydrogen) atoms. The second kappa shape index (κ2) is 5.51. The number of hydrogen-bond donors (Lipinski definition) is 1. The van der Waals surface area contributed by atoms with Crippen molar-refractivity contribution in [2.24, 2.45) is 7.05 Å². The van der Waals surface area contributed by atoms with Crippen LogP contribution >= 0.6 is 0 Å². The third-order valence-corrected chi connectivity index (χ3v) is 3.39. The highest BCUT2D eigenvalue weighted by atomic mass is 16.5. The van der Waals surface area contributed by atoms with Crippen LogP contribution in [0.2, 0.25) is 0 Å². The molecule has 0 fully saturated rings. The van der Waals surface area contributed by atoms with Crippen LogP contribution in [0.4, 0.5) is 10.6 Å². The van der Waals surface area contributed by atoms with Crippen LogP contribution in [0.5, 0.6) is 0 Å². The van der Waals surface area contributed by atoms with E-state index >= 15 is 0 Å². The number of anilines is 1. The van der Waals surface area contributed by atoms with Gasteiger partial charge in [0.15, 0.2) is 0 Å². The van der Waals surface area contributed by atoms with Crippen molar-refractivity contribution in [3.63, 3.8) is 0 Å². The zero-order chi connectivity index (χ0) is 15.7. The van der Waals surface area contributed by atoms with Gasteiger partial charge in [0.05, 0.1) is 24.0 Å². The molecule has 0 aliphatic carbocycles. The van der Waals surface area contributed by atoms with Gasteiger partial charge < -0.3 is 10.1 Å². The zero-order valence-electron chi connectivity index (χ0n) is 12.7. The van der Waals surface area contributed by atoms with Crippen LogP contribution in [-0.2, 0) is 11.8 Å². The first-order valence-corrected chi connectivity index (χ1v) is 6.99. The summed E-state index contributed by atoms with van der Waals surface area (Å²) in [6.45, 7) is 2.10. The molecule has 0 amide bonds. The number of nitrogens with zero attached hydrogens (tertiary/aromatic N) is 4. The Morgan fingerprint density at radius 2 is 2.18 bits per heavy atom. The lowest BCUT2D eigenvalue weighted by Gasteiger charge is -2.08. The van der Waals surface area contributed by atoms with Crippen molar-refractivity contribution in [2.75, 3.05) is 19.0 Å². The van der Waals surface area contributed by atoms with Crippen LogP contribution < -0.4 is 5.32 Å². The number of rotatable bonds is 3. The van der Waals surface area contributed by atoms with Gasteiger partial charge in [0.2, 0.25) is 0 Å². The first kappa shape index (κ1) is 14.1. The van der Waals surface area contributed by atoms with Gasteiger partial charge in [-0.3, -0.25) is 4.68 Å². The van der Waals surface area contributed by atoms with Gasteiger partial charge in [0.1, 0.15) is 5.82 Å². The molecule has 7 nitrogen and oxygen atoms in total. The number of ether oxygens (including phenoxy) is 1. The Kier molecular flexibility index (Phi) is 3.54. The van der Waals surface area contributed by atoms with Crippen molar-refractivity contribution in [3.05, 3.63) is 30.7 Å². The highest BCUT2D eigenvalue weighted by Gasteiger charge is 2.19. The van der Waals surface area contributed by atoms with Gasteiger partial charge >= 0.3 is 6.09 Å².